The second-order valence-electron chi connectivity index (χ2n) is 4.10. The Labute approximate surface area is 98.1 Å². The van der Waals surface area contributed by atoms with Crippen molar-refractivity contribution in [1.29, 1.82) is 0 Å². The molecule has 0 spiro atoms. The van der Waals surface area contributed by atoms with Gasteiger partial charge in [0.15, 0.2) is 0 Å². The Hall–Kier alpha value is -1.18. The van der Waals surface area contributed by atoms with Gasteiger partial charge in [0.2, 0.25) is 6.08 Å². The molecule has 0 aliphatic heterocycles. The molecule has 0 heterocycles. The first-order valence-electron chi connectivity index (χ1n) is 5.22. The van der Waals surface area contributed by atoms with E-state index in [9.17, 15) is 9.18 Å². The van der Waals surface area contributed by atoms with E-state index in [1.165, 1.54) is 12.1 Å². The van der Waals surface area contributed by atoms with E-state index >= 15 is 0 Å². The Kier molecular flexibility index (Phi) is 3.08. The lowest BCUT2D eigenvalue weighted by Crippen LogP contribution is -2.19. The number of aliphatic imine (C=N–C) groups is 1. The summed E-state index contributed by atoms with van der Waals surface area (Å²) in [6, 6.07) is 4.33. The zero-order valence-corrected chi connectivity index (χ0v) is 9.43. The predicted molar refractivity (Wildman–Crippen MR) is 59.7 cm³/mol. The van der Waals surface area contributed by atoms with Gasteiger partial charge < -0.3 is 0 Å². The fourth-order valence-electron chi connectivity index (χ4n) is 2.33. The van der Waals surface area contributed by atoms with Crippen LogP contribution in [0.3, 0.4) is 0 Å². The Morgan fingerprint density at radius 1 is 1.31 bits per heavy atom. The number of isocyanates is 1. The SMILES string of the molecule is O=C=NC1(c2cc(F)cc(Cl)c2)CCCC1. The fraction of sp³-hybridized carbons (Fsp3) is 0.417. The van der Waals surface area contributed by atoms with Crippen LogP contribution in [0.25, 0.3) is 0 Å². The van der Waals surface area contributed by atoms with Crippen molar-refractivity contribution in [2.75, 3.05) is 0 Å². The molecule has 4 heteroatoms. The van der Waals surface area contributed by atoms with Crippen LogP contribution in [0.4, 0.5) is 4.39 Å². The number of rotatable bonds is 2. The summed E-state index contributed by atoms with van der Waals surface area (Å²) < 4.78 is 13.3. The number of benzene rings is 1. The second-order valence-corrected chi connectivity index (χ2v) is 4.54. The summed E-state index contributed by atoms with van der Waals surface area (Å²) in [5, 5.41) is 0.336. The lowest BCUT2D eigenvalue weighted by Gasteiger charge is -2.22. The molecule has 0 saturated heterocycles. The van der Waals surface area contributed by atoms with E-state index in [2.05, 4.69) is 4.99 Å². The number of hydrogen-bond donors (Lipinski definition) is 0. The van der Waals surface area contributed by atoms with Crippen LogP contribution in [0.15, 0.2) is 23.2 Å². The van der Waals surface area contributed by atoms with Crippen LogP contribution in [0.1, 0.15) is 31.2 Å². The van der Waals surface area contributed by atoms with Gasteiger partial charge in [-0.05, 0) is 36.6 Å². The van der Waals surface area contributed by atoms with Crippen LogP contribution in [-0.2, 0) is 10.3 Å². The maximum Gasteiger partial charge on any atom is 0.235 e. The van der Waals surface area contributed by atoms with Gasteiger partial charge in [-0.3, -0.25) is 0 Å². The third kappa shape index (κ3) is 2.01. The lowest BCUT2D eigenvalue weighted by molar-refractivity contribution is 0.452. The van der Waals surface area contributed by atoms with Crippen LogP contribution in [-0.4, -0.2) is 6.08 Å². The summed E-state index contributed by atoms with van der Waals surface area (Å²) in [6.45, 7) is 0. The van der Waals surface area contributed by atoms with Crippen LogP contribution >= 0.6 is 11.6 Å². The third-order valence-corrected chi connectivity index (χ3v) is 3.31. The minimum atomic E-state index is -0.604. The summed E-state index contributed by atoms with van der Waals surface area (Å²) in [5.41, 5.74) is 0.0753. The molecule has 1 saturated carbocycles. The van der Waals surface area contributed by atoms with E-state index in [1.807, 2.05) is 0 Å². The third-order valence-electron chi connectivity index (χ3n) is 3.09. The molecule has 0 amide bonds. The molecule has 1 aliphatic rings. The number of halogens is 2. The fourth-order valence-corrected chi connectivity index (χ4v) is 2.56. The van der Waals surface area contributed by atoms with E-state index in [-0.39, 0.29) is 0 Å². The Morgan fingerprint density at radius 2 is 2.00 bits per heavy atom. The minimum absolute atomic E-state index is 0.336. The van der Waals surface area contributed by atoms with Crippen molar-refractivity contribution in [1.82, 2.24) is 0 Å². The largest absolute Gasteiger partial charge is 0.235 e. The number of carbonyl (C=O) groups excluding carboxylic acids is 1. The maximum absolute atomic E-state index is 13.3. The van der Waals surface area contributed by atoms with Crippen molar-refractivity contribution >= 4 is 17.7 Å². The predicted octanol–water partition coefficient (Wildman–Crippen LogP) is 3.58. The average Bonchev–Trinajstić information content (AvgIpc) is 2.66. The van der Waals surface area contributed by atoms with Crippen LogP contribution in [0, 0.1) is 5.82 Å². The summed E-state index contributed by atoms with van der Waals surface area (Å²) >= 11 is 5.81. The van der Waals surface area contributed by atoms with E-state index < -0.39 is 11.4 Å². The first-order valence-corrected chi connectivity index (χ1v) is 5.60. The van der Waals surface area contributed by atoms with Crippen LogP contribution in [0.5, 0.6) is 0 Å². The van der Waals surface area contributed by atoms with Gasteiger partial charge in [-0.1, -0.05) is 24.4 Å². The molecule has 0 unspecified atom stereocenters. The molecule has 16 heavy (non-hydrogen) atoms. The van der Waals surface area contributed by atoms with Crippen molar-refractivity contribution < 1.29 is 9.18 Å². The molecule has 84 valence electrons. The van der Waals surface area contributed by atoms with Gasteiger partial charge in [0.05, 0.1) is 5.54 Å². The molecule has 1 aromatic carbocycles. The summed E-state index contributed by atoms with van der Waals surface area (Å²) in [5.74, 6) is -0.394. The van der Waals surface area contributed by atoms with Gasteiger partial charge in [0, 0.05) is 5.02 Å². The highest BCUT2D eigenvalue weighted by atomic mass is 35.5. The molecular formula is C12H11ClFNO. The van der Waals surface area contributed by atoms with E-state index in [0.717, 1.165) is 25.7 Å². The first kappa shape index (κ1) is 11.3. The first-order chi connectivity index (χ1) is 7.66. The van der Waals surface area contributed by atoms with E-state index in [4.69, 9.17) is 11.6 Å². The van der Waals surface area contributed by atoms with E-state index in [0.29, 0.717) is 10.6 Å². The van der Waals surface area contributed by atoms with E-state index in [1.54, 1.807) is 12.1 Å². The van der Waals surface area contributed by atoms with Gasteiger partial charge >= 0.3 is 0 Å². The smallest absolute Gasteiger partial charge is 0.211 e. The van der Waals surface area contributed by atoms with Gasteiger partial charge in [0.25, 0.3) is 0 Å². The molecular weight excluding hydrogens is 229 g/mol. The van der Waals surface area contributed by atoms with Gasteiger partial charge in [0.1, 0.15) is 5.82 Å². The zero-order valence-electron chi connectivity index (χ0n) is 8.67. The van der Waals surface area contributed by atoms with Gasteiger partial charge in [-0.2, -0.15) is 4.99 Å². The molecule has 1 aromatic rings. The molecule has 0 radical (unpaired) electrons. The molecule has 0 N–H and O–H groups in total. The quantitative estimate of drug-likeness (QED) is 0.573. The standard InChI is InChI=1S/C12H11ClFNO/c13-10-5-9(6-11(14)7-10)12(15-8-16)3-1-2-4-12/h5-7H,1-4H2. The second kappa shape index (κ2) is 4.36. The highest BCUT2D eigenvalue weighted by Gasteiger charge is 2.36. The monoisotopic (exact) mass is 239 g/mol. The van der Waals surface area contributed by atoms with Gasteiger partial charge in [-0.25, -0.2) is 9.18 Å². The summed E-state index contributed by atoms with van der Waals surface area (Å²) in [6.07, 6.45) is 5.07. The normalized spacial score (nSPS) is 18.1. The molecule has 1 fully saturated rings. The molecule has 2 nitrogen and oxygen atoms in total. The zero-order chi connectivity index (χ0) is 11.6. The van der Waals surface area contributed by atoms with Crippen molar-refractivity contribution in [3.63, 3.8) is 0 Å². The number of nitrogens with zero attached hydrogens (tertiary/aromatic N) is 1. The Morgan fingerprint density at radius 3 is 2.56 bits per heavy atom. The Bertz CT molecular complexity index is 428. The number of hydrogen-bond acceptors (Lipinski definition) is 2. The van der Waals surface area contributed by atoms with Crippen molar-refractivity contribution in [3.8, 4) is 0 Å². The van der Waals surface area contributed by atoms with Crippen LogP contribution < -0.4 is 0 Å². The average molecular weight is 240 g/mol. The summed E-state index contributed by atoms with van der Waals surface area (Å²) in [4.78, 5) is 14.4. The molecule has 0 aromatic heterocycles. The highest BCUT2D eigenvalue weighted by molar-refractivity contribution is 6.30. The topological polar surface area (TPSA) is 29.4 Å². The molecule has 2 rings (SSSR count). The summed E-state index contributed by atoms with van der Waals surface area (Å²) in [7, 11) is 0. The Balaban J connectivity index is 2.50. The minimum Gasteiger partial charge on any atom is -0.211 e. The maximum atomic E-state index is 13.3. The van der Waals surface area contributed by atoms with Crippen molar-refractivity contribution in [3.05, 3.63) is 34.6 Å². The van der Waals surface area contributed by atoms with Crippen molar-refractivity contribution in [2.24, 2.45) is 4.99 Å². The van der Waals surface area contributed by atoms with Crippen LogP contribution in [0.2, 0.25) is 5.02 Å². The highest BCUT2D eigenvalue weighted by Crippen LogP contribution is 2.42. The molecule has 1 aliphatic carbocycles. The molecule has 0 bridgehead atoms. The molecule has 0 atom stereocenters. The van der Waals surface area contributed by atoms with Gasteiger partial charge in [-0.15, -0.1) is 0 Å². The lowest BCUT2D eigenvalue weighted by atomic mass is 9.89. The van der Waals surface area contributed by atoms with Crippen molar-refractivity contribution in [2.45, 2.75) is 31.2 Å².